The van der Waals surface area contributed by atoms with Crippen LogP contribution in [0.3, 0.4) is 0 Å². The van der Waals surface area contributed by atoms with E-state index < -0.39 is 0 Å². The summed E-state index contributed by atoms with van der Waals surface area (Å²) in [6.07, 6.45) is 5.85. The number of imide groups is 1. The number of piperidine rings is 3. The number of nitrogens with zero attached hydrogens (tertiary/aromatic N) is 2. The topological polar surface area (TPSA) is 64.7 Å². The van der Waals surface area contributed by atoms with Crippen LogP contribution in [-0.2, 0) is 9.59 Å². The van der Waals surface area contributed by atoms with E-state index in [-0.39, 0.29) is 17.9 Å². The van der Waals surface area contributed by atoms with Crippen LogP contribution < -0.4 is 10.6 Å². The predicted molar refractivity (Wildman–Crippen MR) is 93.6 cm³/mol. The molecule has 0 aromatic heterocycles. The molecule has 0 aromatic carbocycles. The first-order valence-electron chi connectivity index (χ1n) is 9.61. The monoisotopic (exact) mass is 336 g/mol. The van der Waals surface area contributed by atoms with E-state index in [0.29, 0.717) is 24.9 Å². The quantitative estimate of drug-likeness (QED) is 0.741. The van der Waals surface area contributed by atoms with Gasteiger partial charge in [0.15, 0.2) is 0 Å². The van der Waals surface area contributed by atoms with Crippen molar-refractivity contribution in [3.8, 4) is 0 Å². The Morgan fingerprint density at radius 1 is 1.00 bits per heavy atom. The number of rotatable bonds is 4. The molecule has 0 bridgehead atoms. The Balaban J connectivity index is 1.40. The highest BCUT2D eigenvalue weighted by Crippen LogP contribution is 2.22. The summed E-state index contributed by atoms with van der Waals surface area (Å²) in [4.78, 5) is 28.3. The summed E-state index contributed by atoms with van der Waals surface area (Å²) in [7, 11) is 0. The highest BCUT2D eigenvalue weighted by atomic mass is 16.2. The van der Waals surface area contributed by atoms with Gasteiger partial charge in [-0.2, -0.15) is 0 Å². The maximum atomic E-state index is 11.9. The number of hydrogen-bond acceptors (Lipinski definition) is 5. The molecule has 3 heterocycles. The molecular weight excluding hydrogens is 304 g/mol. The number of likely N-dealkylation sites (tertiary alicyclic amines) is 2. The maximum Gasteiger partial charge on any atom is 0.243 e. The fourth-order valence-electron chi connectivity index (χ4n) is 4.34. The highest BCUT2D eigenvalue weighted by molar-refractivity contribution is 6.00. The van der Waals surface area contributed by atoms with E-state index in [1.807, 2.05) is 0 Å². The molecule has 2 N–H and O–H groups in total. The van der Waals surface area contributed by atoms with Crippen molar-refractivity contribution in [2.24, 2.45) is 0 Å². The van der Waals surface area contributed by atoms with E-state index in [1.54, 1.807) is 0 Å². The van der Waals surface area contributed by atoms with Crippen molar-refractivity contribution in [2.75, 3.05) is 26.2 Å². The van der Waals surface area contributed by atoms with Crippen molar-refractivity contribution in [1.29, 1.82) is 0 Å². The smallest absolute Gasteiger partial charge is 0.243 e. The van der Waals surface area contributed by atoms with E-state index in [1.165, 1.54) is 25.9 Å². The van der Waals surface area contributed by atoms with Gasteiger partial charge in [0, 0.05) is 24.5 Å². The van der Waals surface area contributed by atoms with Crippen LogP contribution in [0.15, 0.2) is 0 Å². The van der Waals surface area contributed by atoms with Gasteiger partial charge in [0.05, 0.1) is 6.04 Å². The Morgan fingerprint density at radius 3 is 2.25 bits per heavy atom. The van der Waals surface area contributed by atoms with E-state index in [0.717, 1.165) is 32.0 Å². The van der Waals surface area contributed by atoms with E-state index >= 15 is 0 Å². The van der Waals surface area contributed by atoms with Gasteiger partial charge in [-0.05, 0) is 72.1 Å². The molecule has 1 unspecified atom stereocenters. The number of hydrogen-bond donors (Lipinski definition) is 2. The van der Waals surface area contributed by atoms with Crippen LogP contribution >= 0.6 is 0 Å². The number of nitrogens with one attached hydrogen (secondary N) is 2. The average Bonchev–Trinajstić information content (AvgIpc) is 2.58. The van der Waals surface area contributed by atoms with Crippen molar-refractivity contribution in [3.05, 3.63) is 0 Å². The second-order valence-corrected chi connectivity index (χ2v) is 7.84. The molecule has 3 aliphatic heterocycles. The first-order chi connectivity index (χ1) is 11.5. The first kappa shape index (κ1) is 17.8. The van der Waals surface area contributed by atoms with Gasteiger partial charge >= 0.3 is 0 Å². The molecule has 1 atom stereocenters. The Hall–Kier alpha value is -0.980. The molecular formula is C18H32N4O2. The van der Waals surface area contributed by atoms with Crippen LogP contribution in [0.5, 0.6) is 0 Å². The average molecular weight is 336 g/mol. The minimum absolute atomic E-state index is 0.138. The first-order valence-corrected chi connectivity index (χ1v) is 9.61. The molecule has 136 valence electrons. The number of carbonyl (C=O) groups excluding carboxylic acids is 2. The third-order valence-corrected chi connectivity index (χ3v) is 5.95. The lowest BCUT2D eigenvalue weighted by molar-refractivity contribution is -0.135. The molecule has 0 spiro atoms. The SMILES string of the molecule is CC(C)N1CCC(N2CCC(NC3CCC(=O)NC3=O)CC2)CC1. The van der Waals surface area contributed by atoms with Crippen LogP contribution in [0.25, 0.3) is 0 Å². The summed E-state index contributed by atoms with van der Waals surface area (Å²) in [5.74, 6) is -0.282. The molecule has 0 radical (unpaired) electrons. The number of amides is 2. The van der Waals surface area contributed by atoms with Gasteiger partial charge in [0.1, 0.15) is 0 Å². The van der Waals surface area contributed by atoms with Gasteiger partial charge < -0.3 is 15.1 Å². The molecule has 24 heavy (non-hydrogen) atoms. The van der Waals surface area contributed by atoms with E-state index in [2.05, 4.69) is 34.3 Å². The van der Waals surface area contributed by atoms with E-state index in [9.17, 15) is 9.59 Å². The lowest BCUT2D eigenvalue weighted by atomic mass is 9.96. The Morgan fingerprint density at radius 2 is 1.67 bits per heavy atom. The van der Waals surface area contributed by atoms with Gasteiger partial charge in [-0.15, -0.1) is 0 Å². The molecule has 6 nitrogen and oxygen atoms in total. The molecule has 0 aliphatic carbocycles. The highest BCUT2D eigenvalue weighted by Gasteiger charge is 2.32. The van der Waals surface area contributed by atoms with Crippen LogP contribution in [0.2, 0.25) is 0 Å². The van der Waals surface area contributed by atoms with Crippen LogP contribution in [0, 0.1) is 0 Å². The molecule has 0 saturated carbocycles. The summed E-state index contributed by atoms with van der Waals surface area (Å²) < 4.78 is 0. The minimum Gasteiger partial charge on any atom is -0.303 e. The zero-order valence-electron chi connectivity index (χ0n) is 15.1. The van der Waals surface area contributed by atoms with Crippen molar-refractivity contribution >= 4 is 11.8 Å². The van der Waals surface area contributed by atoms with Gasteiger partial charge in [0.2, 0.25) is 11.8 Å². The van der Waals surface area contributed by atoms with Crippen molar-refractivity contribution in [2.45, 2.75) is 76.5 Å². The molecule has 3 fully saturated rings. The minimum atomic E-state index is -0.187. The Bertz CT molecular complexity index is 452. The third kappa shape index (κ3) is 4.35. The summed E-state index contributed by atoms with van der Waals surface area (Å²) >= 11 is 0. The maximum absolute atomic E-state index is 11.9. The fraction of sp³-hybridized carbons (Fsp3) is 0.889. The van der Waals surface area contributed by atoms with E-state index in [4.69, 9.17) is 0 Å². The third-order valence-electron chi connectivity index (χ3n) is 5.95. The molecule has 6 heteroatoms. The lowest BCUT2D eigenvalue weighted by Gasteiger charge is -2.43. The van der Waals surface area contributed by atoms with Crippen LogP contribution in [-0.4, -0.2) is 72.0 Å². The second-order valence-electron chi connectivity index (χ2n) is 7.84. The zero-order chi connectivity index (χ0) is 17.1. The van der Waals surface area contributed by atoms with Gasteiger partial charge in [0.25, 0.3) is 0 Å². The summed E-state index contributed by atoms with van der Waals surface area (Å²) in [6, 6.07) is 1.61. The van der Waals surface area contributed by atoms with Crippen LogP contribution in [0.1, 0.15) is 52.4 Å². The zero-order valence-corrected chi connectivity index (χ0v) is 15.1. The number of carbonyl (C=O) groups is 2. The van der Waals surface area contributed by atoms with Gasteiger partial charge in [-0.3, -0.25) is 14.9 Å². The normalized spacial score (nSPS) is 29.2. The van der Waals surface area contributed by atoms with Crippen molar-refractivity contribution in [1.82, 2.24) is 20.4 Å². The Labute approximate surface area is 145 Å². The second kappa shape index (κ2) is 7.93. The standard InChI is InChI=1S/C18H32N4O2/c1-13(2)21-11-7-15(8-12-21)22-9-5-14(6-10-22)19-16-3-4-17(23)20-18(16)24/h13-16,19H,3-12H2,1-2H3,(H,20,23,24). The summed E-state index contributed by atoms with van der Waals surface area (Å²) in [5.41, 5.74) is 0. The predicted octanol–water partition coefficient (Wildman–Crippen LogP) is 0.718. The Kier molecular flexibility index (Phi) is 5.89. The van der Waals surface area contributed by atoms with Crippen molar-refractivity contribution in [3.63, 3.8) is 0 Å². The molecule has 3 saturated heterocycles. The fourth-order valence-corrected chi connectivity index (χ4v) is 4.34. The van der Waals surface area contributed by atoms with Gasteiger partial charge in [-0.1, -0.05) is 0 Å². The molecule has 0 aromatic rings. The largest absolute Gasteiger partial charge is 0.303 e. The molecule has 2 amide bonds. The summed E-state index contributed by atoms with van der Waals surface area (Å²) in [6.45, 7) is 9.25. The lowest BCUT2D eigenvalue weighted by Crippen LogP contribution is -2.56. The molecule has 3 aliphatic rings. The van der Waals surface area contributed by atoms with Crippen molar-refractivity contribution < 1.29 is 9.59 Å². The molecule has 3 rings (SSSR count). The van der Waals surface area contributed by atoms with Gasteiger partial charge in [-0.25, -0.2) is 0 Å². The summed E-state index contributed by atoms with van der Waals surface area (Å²) in [5, 5.41) is 5.91. The van der Waals surface area contributed by atoms with Crippen LogP contribution in [0.4, 0.5) is 0 Å².